The first-order chi connectivity index (χ1) is 10.6. The Morgan fingerprint density at radius 2 is 1.86 bits per heavy atom. The van der Waals surface area contributed by atoms with Gasteiger partial charge in [0, 0.05) is 5.56 Å². The average Bonchev–Trinajstić information content (AvgIpc) is 2.52. The van der Waals surface area contributed by atoms with Crippen LogP contribution in [-0.4, -0.2) is 18.2 Å². The highest BCUT2D eigenvalue weighted by Crippen LogP contribution is 2.30. The second-order valence-electron chi connectivity index (χ2n) is 4.80. The number of rotatable bonds is 6. The van der Waals surface area contributed by atoms with E-state index >= 15 is 0 Å². The predicted molar refractivity (Wildman–Crippen MR) is 84.6 cm³/mol. The molecular formula is C18H18O4. The summed E-state index contributed by atoms with van der Waals surface area (Å²) in [6.07, 6.45) is 1.21. The molecule has 1 N–H and O–H groups in total. The van der Waals surface area contributed by atoms with Gasteiger partial charge >= 0.3 is 5.97 Å². The molecule has 0 radical (unpaired) electrons. The summed E-state index contributed by atoms with van der Waals surface area (Å²) in [6.45, 7) is 2.26. The van der Waals surface area contributed by atoms with Gasteiger partial charge < -0.3 is 14.6 Å². The number of carboxylic acid groups (broad SMARTS) is 1. The Balaban J connectivity index is 2.34. The largest absolute Gasteiger partial charge is 0.503 e. The molecule has 2 rings (SSSR count). The zero-order valence-corrected chi connectivity index (χ0v) is 12.6. The van der Waals surface area contributed by atoms with E-state index < -0.39 is 5.97 Å². The fourth-order valence-corrected chi connectivity index (χ4v) is 2.13. The SMILES string of the molecule is COC=C(C(=O)O)c1cccc(C)c1OCc1ccccc1. The third kappa shape index (κ3) is 3.67. The number of aliphatic carboxylic acids is 1. The maximum absolute atomic E-state index is 11.4. The van der Waals surface area contributed by atoms with Crippen molar-refractivity contribution in [1.82, 2.24) is 0 Å². The van der Waals surface area contributed by atoms with Gasteiger partial charge in [-0.15, -0.1) is 0 Å². The number of carboxylic acids is 1. The fraction of sp³-hybridized carbons (Fsp3) is 0.167. The van der Waals surface area contributed by atoms with Crippen molar-refractivity contribution in [2.75, 3.05) is 7.11 Å². The lowest BCUT2D eigenvalue weighted by atomic mass is 10.0. The molecule has 0 aliphatic carbocycles. The maximum Gasteiger partial charge on any atom is 0.339 e. The molecule has 0 spiro atoms. The summed E-state index contributed by atoms with van der Waals surface area (Å²) in [7, 11) is 1.42. The number of hydrogen-bond acceptors (Lipinski definition) is 3. The first-order valence-corrected chi connectivity index (χ1v) is 6.86. The van der Waals surface area contributed by atoms with Crippen LogP contribution < -0.4 is 4.74 Å². The minimum Gasteiger partial charge on any atom is -0.503 e. The van der Waals surface area contributed by atoms with Gasteiger partial charge in [-0.1, -0.05) is 48.5 Å². The van der Waals surface area contributed by atoms with Crippen LogP contribution in [0.1, 0.15) is 16.7 Å². The van der Waals surface area contributed by atoms with Gasteiger partial charge in [-0.25, -0.2) is 4.79 Å². The molecular weight excluding hydrogens is 280 g/mol. The van der Waals surface area contributed by atoms with Crippen LogP contribution in [0.4, 0.5) is 0 Å². The fourth-order valence-electron chi connectivity index (χ4n) is 2.13. The van der Waals surface area contributed by atoms with E-state index in [9.17, 15) is 9.90 Å². The van der Waals surface area contributed by atoms with Gasteiger partial charge in [0.25, 0.3) is 0 Å². The van der Waals surface area contributed by atoms with E-state index in [1.54, 1.807) is 12.1 Å². The molecule has 114 valence electrons. The van der Waals surface area contributed by atoms with Crippen LogP contribution in [0.5, 0.6) is 5.75 Å². The summed E-state index contributed by atoms with van der Waals surface area (Å²) in [5.41, 5.74) is 2.46. The first kappa shape index (κ1) is 15.6. The summed E-state index contributed by atoms with van der Waals surface area (Å²) in [5, 5.41) is 9.35. The van der Waals surface area contributed by atoms with Crippen LogP contribution in [0.25, 0.3) is 5.57 Å². The molecule has 0 bridgehead atoms. The third-order valence-corrected chi connectivity index (χ3v) is 3.19. The number of para-hydroxylation sites is 1. The molecule has 0 atom stereocenters. The number of benzene rings is 2. The monoisotopic (exact) mass is 298 g/mol. The number of hydrogen-bond donors (Lipinski definition) is 1. The Hall–Kier alpha value is -2.75. The van der Waals surface area contributed by atoms with E-state index in [1.807, 2.05) is 43.3 Å². The lowest BCUT2D eigenvalue weighted by Crippen LogP contribution is -2.05. The molecule has 4 nitrogen and oxygen atoms in total. The van der Waals surface area contributed by atoms with Crippen molar-refractivity contribution in [1.29, 1.82) is 0 Å². The van der Waals surface area contributed by atoms with Crippen LogP contribution in [0.15, 0.2) is 54.8 Å². The summed E-state index contributed by atoms with van der Waals surface area (Å²) in [4.78, 5) is 11.4. The highest BCUT2D eigenvalue weighted by atomic mass is 16.5. The van der Waals surface area contributed by atoms with E-state index in [1.165, 1.54) is 13.4 Å². The molecule has 0 aliphatic rings. The minimum absolute atomic E-state index is 0.0641. The highest BCUT2D eigenvalue weighted by Gasteiger charge is 2.17. The zero-order valence-electron chi connectivity index (χ0n) is 12.6. The number of carbonyl (C=O) groups is 1. The summed E-state index contributed by atoms with van der Waals surface area (Å²) >= 11 is 0. The summed E-state index contributed by atoms with van der Waals surface area (Å²) < 4.78 is 10.8. The molecule has 2 aromatic carbocycles. The van der Waals surface area contributed by atoms with Crippen molar-refractivity contribution in [3.8, 4) is 5.75 Å². The molecule has 0 heterocycles. The molecule has 2 aromatic rings. The molecule has 22 heavy (non-hydrogen) atoms. The van der Waals surface area contributed by atoms with Crippen LogP contribution in [0.2, 0.25) is 0 Å². The molecule has 0 amide bonds. The van der Waals surface area contributed by atoms with E-state index in [4.69, 9.17) is 9.47 Å². The Labute approximate surface area is 129 Å². The zero-order chi connectivity index (χ0) is 15.9. The standard InChI is InChI=1S/C18H18O4/c1-13-7-6-10-15(16(12-21-2)18(19)20)17(13)22-11-14-8-4-3-5-9-14/h3-10,12H,11H2,1-2H3,(H,19,20). The van der Waals surface area contributed by atoms with Crippen molar-refractivity contribution >= 4 is 11.5 Å². The Bertz CT molecular complexity index is 675. The van der Waals surface area contributed by atoms with E-state index in [-0.39, 0.29) is 5.57 Å². The van der Waals surface area contributed by atoms with Crippen molar-refractivity contribution in [2.24, 2.45) is 0 Å². The Morgan fingerprint density at radius 3 is 2.50 bits per heavy atom. The summed E-state index contributed by atoms with van der Waals surface area (Å²) in [6, 6.07) is 15.1. The first-order valence-electron chi connectivity index (χ1n) is 6.86. The maximum atomic E-state index is 11.4. The van der Waals surface area contributed by atoms with Crippen molar-refractivity contribution in [3.05, 3.63) is 71.5 Å². The lowest BCUT2D eigenvalue weighted by Gasteiger charge is -2.14. The van der Waals surface area contributed by atoms with Crippen molar-refractivity contribution in [3.63, 3.8) is 0 Å². The molecule has 4 heteroatoms. The summed E-state index contributed by atoms with van der Waals surface area (Å²) in [5.74, 6) is -0.505. The van der Waals surface area contributed by atoms with Crippen LogP contribution in [-0.2, 0) is 16.1 Å². The van der Waals surface area contributed by atoms with Gasteiger partial charge in [-0.2, -0.15) is 0 Å². The lowest BCUT2D eigenvalue weighted by molar-refractivity contribution is -0.130. The molecule has 0 unspecified atom stereocenters. The second-order valence-corrected chi connectivity index (χ2v) is 4.80. The normalized spacial score (nSPS) is 11.1. The van der Waals surface area contributed by atoms with Crippen LogP contribution >= 0.6 is 0 Å². The van der Waals surface area contributed by atoms with Gasteiger partial charge in [0.1, 0.15) is 17.9 Å². The Kier molecular flexibility index (Phi) is 5.20. The molecule has 0 saturated carbocycles. The molecule has 0 aliphatic heterocycles. The molecule has 0 fully saturated rings. The van der Waals surface area contributed by atoms with E-state index in [0.717, 1.165) is 11.1 Å². The van der Waals surface area contributed by atoms with Gasteiger partial charge in [0.2, 0.25) is 0 Å². The quantitative estimate of drug-likeness (QED) is 0.653. The topological polar surface area (TPSA) is 55.8 Å². The average molecular weight is 298 g/mol. The number of methoxy groups -OCH3 is 1. The molecule has 0 aromatic heterocycles. The van der Waals surface area contributed by atoms with Crippen molar-refractivity contribution in [2.45, 2.75) is 13.5 Å². The second kappa shape index (κ2) is 7.31. The minimum atomic E-state index is -1.06. The molecule has 0 saturated heterocycles. The third-order valence-electron chi connectivity index (χ3n) is 3.19. The van der Waals surface area contributed by atoms with E-state index in [2.05, 4.69) is 0 Å². The van der Waals surface area contributed by atoms with Gasteiger partial charge in [0.05, 0.1) is 13.4 Å². The van der Waals surface area contributed by atoms with Gasteiger partial charge in [0.15, 0.2) is 0 Å². The van der Waals surface area contributed by atoms with Crippen LogP contribution in [0.3, 0.4) is 0 Å². The smallest absolute Gasteiger partial charge is 0.339 e. The van der Waals surface area contributed by atoms with Crippen LogP contribution in [0, 0.1) is 6.92 Å². The van der Waals surface area contributed by atoms with Gasteiger partial charge in [-0.3, -0.25) is 0 Å². The van der Waals surface area contributed by atoms with Crippen molar-refractivity contribution < 1.29 is 19.4 Å². The Morgan fingerprint density at radius 1 is 1.14 bits per heavy atom. The predicted octanol–water partition coefficient (Wildman–Crippen LogP) is 3.65. The van der Waals surface area contributed by atoms with Gasteiger partial charge in [-0.05, 0) is 18.1 Å². The highest BCUT2D eigenvalue weighted by molar-refractivity contribution is 6.16. The van der Waals surface area contributed by atoms with E-state index in [0.29, 0.717) is 17.9 Å². The number of ether oxygens (including phenoxy) is 2. The number of aryl methyl sites for hydroxylation is 1.